The number of fused-ring (bicyclic) bond motifs is 1. The van der Waals surface area contributed by atoms with Crippen molar-refractivity contribution >= 4 is 40.9 Å². The molecule has 1 aromatic heterocycles. The van der Waals surface area contributed by atoms with E-state index in [4.69, 9.17) is 9.15 Å². The average Bonchev–Trinajstić information content (AvgIpc) is 3.30. The maximum absolute atomic E-state index is 5.78. The van der Waals surface area contributed by atoms with Crippen molar-refractivity contribution in [2.24, 2.45) is 10.9 Å². The number of guanidine groups is 1. The van der Waals surface area contributed by atoms with Gasteiger partial charge in [-0.2, -0.15) is 0 Å². The van der Waals surface area contributed by atoms with E-state index < -0.39 is 0 Å². The van der Waals surface area contributed by atoms with E-state index in [1.54, 1.807) is 7.05 Å². The van der Waals surface area contributed by atoms with Crippen molar-refractivity contribution in [1.29, 1.82) is 0 Å². The molecule has 0 atom stereocenters. The number of halogens is 1. The van der Waals surface area contributed by atoms with Crippen LogP contribution in [0.15, 0.2) is 39.7 Å². The maximum Gasteiger partial charge on any atom is 0.191 e. The summed E-state index contributed by atoms with van der Waals surface area (Å²) in [6.45, 7) is 3.21. The third kappa shape index (κ3) is 5.98. The first-order chi connectivity index (χ1) is 11.3. The molecule has 24 heavy (non-hydrogen) atoms. The fraction of sp³-hybridized carbons (Fsp3) is 0.500. The quantitative estimate of drug-likeness (QED) is 0.284. The minimum absolute atomic E-state index is 0. The number of furan rings is 1. The van der Waals surface area contributed by atoms with Crippen LogP contribution in [0.3, 0.4) is 0 Å². The van der Waals surface area contributed by atoms with E-state index in [0.717, 1.165) is 54.8 Å². The van der Waals surface area contributed by atoms with Crippen LogP contribution >= 0.6 is 24.0 Å². The van der Waals surface area contributed by atoms with Crippen LogP contribution in [0.5, 0.6) is 0 Å². The van der Waals surface area contributed by atoms with Crippen molar-refractivity contribution in [3.63, 3.8) is 0 Å². The summed E-state index contributed by atoms with van der Waals surface area (Å²) < 4.78 is 11.4. The first kappa shape index (κ1) is 19.1. The van der Waals surface area contributed by atoms with Crippen LogP contribution in [-0.4, -0.2) is 32.8 Å². The van der Waals surface area contributed by atoms with E-state index in [-0.39, 0.29) is 24.0 Å². The highest BCUT2D eigenvalue weighted by atomic mass is 127. The number of nitrogens with zero attached hydrogens (tertiary/aromatic N) is 1. The summed E-state index contributed by atoms with van der Waals surface area (Å²) in [5, 5.41) is 7.69. The zero-order chi connectivity index (χ0) is 15.9. The summed E-state index contributed by atoms with van der Waals surface area (Å²) in [4.78, 5) is 4.23. The van der Waals surface area contributed by atoms with Gasteiger partial charge in [-0.25, -0.2) is 0 Å². The summed E-state index contributed by atoms with van der Waals surface area (Å²) >= 11 is 0. The van der Waals surface area contributed by atoms with Crippen LogP contribution in [-0.2, 0) is 11.3 Å². The van der Waals surface area contributed by atoms with Crippen molar-refractivity contribution in [2.45, 2.75) is 25.8 Å². The molecule has 0 aliphatic heterocycles. The van der Waals surface area contributed by atoms with E-state index in [1.165, 1.54) is 12.8 Å². The predicted octanol–water partition coefficient (Wildman–Crippen LogP) is 3.53. The molecule has 2 N–H and O–H groups in total. The zero-order valence-corrected chi connectivity index (χ0v) is 16.4. The molecule has 1 heterocycles. The smallest absolute Gasteiger partial charge is 0.191 e. The first-order valence-corrected chi connectivity index (χ1v) is 8.35. The largest absolute Gasteiger partial charge is 0.459 e. The molecular formula is C18H26IN3O2. The van der Waals surface area contributed by atoms with E-state index in [9.17, 15) is 0 Å². The highest BCUT2D eigenvalue weighted by molar-refractivity contribution is 14.0. The fourth-order valence-electron chi connectivity index (χ4n) is 2.43. The Morgan fingerprint density at radius 3 is 2.88 bits per heavy atom. The molecule has 1 aliphatic rings. The van der Waals surface area contributed by atoms with Gasteiger partial charge in [-0.05, 0) is 37.3 Å². The molecule has 3 rings (SSSR count). The second-order valence-corrected chi connectivity index (χ2v) is 5.97. The van der Waals surface area contributed by atoms with Gasteiger partial charge in [0.15, 0.2) is 5.96 Å². The number of ether oxygens (including phenoxy) is 1. The summed E-state index contributed by atoms with van der Waals surface area (Å²) in [6.07, 6.45) is 3.67. The van der Waals surface area contributed by atoms with E-state index >= 15 is 0 Å². The summed E-state index contributed by atoms with van der Waals surface area (Å²) in [5.74, 6) is 2.52. The Kier molecular flexibility index (Phi) is 7.84. The van der Waals surface area contributed by atoms with E-state index in [2.05, 4.69) is 27.8 Å². The minimum atomic E-state index is 0. The number of para-hydroxylation sites is 1. The number of hydrogen-bond acceptors (Lipinski definition) is 3. The van der Waals surface area contributed by atoms with Gasteiger partial charge in [-0.1, -0.05) is 18.2 Å². The fourth-order valence-corrected chi connectivity index (χ4v) is 2.43. The zero-order valence-electron chi connectivity index (χ0n) is 14.1. The predicted molar refractivity (Wildman–Crippen MR) is 108 cm³/mol. The van der Waals surface area contributed by atoms with Gasteiger partial charge in [0, 0.05) is 32.2 Å². The molecule has 6 heteroatoms. The lowest BCUT2D eigenvalue weighted by Crippen LogP contribution is -2.37. The Bertz CT molecular complexity index is 620. The van der Waals surface area contributed by atoms with Crippen LogP contribution in [0.2, 0.25) is 0 Å². The Hall–Kier alpha value is -1.28. The summed E-state index contributed by atoms with van der Waals surface area (Å²) in [6, 6.07) is 10.1. The van der Waals surface area contributed by atoms with Crippen LogP contribution < -0.4 is 10.6 Å². The van der Waals surface area contributed by atoms with E-state index in [1.807, 2.05) is 18.2 Å². The van der Waals surface area contributed by atoms with Gasteiger partial charge in [-0.15, -0.1) is 24.0 Å². The van der Waals surface area contributed by atoms with Gasteiger partial charge in [-0.3, -0.25) is 4.99 Å². The molecule has 1 saturated carbocycles. The molecule has 0 amide bonds. The van der Waals surface area contributed by atoms with Gasteiger partial charge < -0.3 is 19.8 Å². The van der Waals surface area contributed by atoms with Gasteiger partial charge in [0.2, 0.25) is 0 Å². The lowest BCUT2D eigenvalue weighted by atomic mass is 10.2. The molecular weight excluding hydrogens is 417 g/mol. The normalized spacial score (nSPS) is 14.5. The SMILES string of the molecule is CN=C(NCCCOCC1CC1)NCc1cc2ccccc2o1.I. The van der Waals surface area contributed by atoms with Crippen LogP contribution in [0.4, 0.5) is 0 Å². The molecule has 132 valence electrons. The maximum atomic E-state index is 5.78. The Labute approximate surface area is 160 Å². The monoisotopic (exact) mass is 443 g/mol. The van der Waals surface area contributed by atoms with Gasteiger partial charge >= 0.3 is 0 Å². The number of aliphatic imine (C=N–C) groups is 1. The van der Waals surface area contributed by atoms with Crippen molar-refractivity contribution in [3.05, 3.63) is 36.1 Å². The second kappa shape index (κ2) is 9.88. The van der Waals surface area contributed by atoms with E-state index in [0.29, 0.717) is 6.54 Å². The standard InChI is InChI=1S/C18H25N3O2.HI/c1-19-18(20-9-4-10-22-13-14-7-8-14)21-12-16-11-15-5-2-3-6-17(15)23-16;/h2-3,5-6,11,14H,4,7-10,12-13H2,1H3,(H2,19,20,21);1H. The van der Waals surface area contributed by atoms with Crippen LogP contribution in [0.25, 0.3) is 11.0 Å². The molecule has 1 aromatic carbocycles. The third-order valence-corrected chi connectivity index (χ3v) is 3.94. The topological polar surface area (TPSA) is 58.8 Å². The minimum Gasteiger partial charge on any atom is -0.459 e. The van der Waals surface area contributed by atoms with Gasteiger partial charge in [0.1, 0.15) is 11.3 Å². The molecule has 1 aliphatic carbocycles. The Morgan fingerprint density at radius 1 is 1.29 bits per heavy atom. The van der Waals surface area contributed by atoms with Gasteiger partial charge in [0.25, 0.3) is 0 Å². The molecule has 2 aromatic rings. The molecule has 5 nitrogen and oxygen atoms in total. The highest BCUT2D eigenvalue weighted by Crippen LogP contribution is 2.28. The van der Waals surface area contributed by atoms with Crippen molar-refractivity contribution in [1.82, 2.24) is 10.6 Å². The third-order valence-electron chi connectivity index (χ3n) is 3.94. The Morgan fingerprint density at radius 2 is 2.12 bits per heavy atom. The van der Waals surface area contributed by atoms with Crippen molar-refractivity contribution < 1.29 is 9.15 Å². The Balaban J connectivity index is 0.00000208. The van der Waals surface area contributed by atoms with Crippen molar-refractivity contribution in [3.8, 4) is 0 Å². The number of hydrogen-bond donors (Lipinski definition) is 2. The average molecular weight is 443 g/mol. The lowest BCUT2D eigenvalue weighted by molar-refractivity contribution is 0.123. The first-order valence-electron chi connectivity index (χ1n) is 8.35. The number of nitrogens with one attached hydrogen (secondary N) is 2. The number of benzene rings is 1. The van der Waals surface area contributed by atoms with Crippen LogP contribution in [0, 0.1) is 5.92 Å². The summed E-state index contributed by atoms with van der Waals surface area (Å²) in [5.41, 5.74) is 0.917. The molecule has 0 spiro atoms. The highest BCUT2D eigenvalue weighted by Gasteiger charge is 2.20. The molecule has 0 radical (unpaired) electrons. The van der Waals surface area contributed by atoms with Gasteiger partial charge in [0.05, 0.1) is 6.54 Å². The molecule has 0 unspecified atom stereocenters. The molecule has 0 saturated heterocycles. The van der Waals surface area contributed by atoms with Crippen molar-refractivity contribution in [2.75, 3.05) is 26.8 Å². The molecule has 0 bridgehead atoms. The lowest BCUT2D eigenvalue weighted by Gasteiger charge is -2.11. The second-order valence-electron chi connectivity index (χ2n) is 5.97. The number of rotatable bonds is 8. The van der Waals surface area contributed by atoms with Crippen LogP contribution in [0.1, 0.15) is 25.0 Å². The molecule has 1 fully saturated rings. The summed E-state index contributed by atoms with van der Waals surface area (Å²) in [7, 11) is 1.78.